The quantitative estimate of drug-likeness (QED) is 0.215. The van der Waals surface area contributed by atoms with Gasteiger partial charge in [-0.3, -0.25) is 4.79 Å². The highest BCUT2D eigenvalue weighted by Crippen LogP contribution is 2.25. The van der Waals surface area contributed by atoms with Crippen LogP contribution in [0.4, 0.5) is 22.0 Å². The van der Waals surface area contributed by atoms with Crippen molar-refractivity contribution in [3.8, 4) is 11.5 Å². The van der Waals surface area contributed by atoms with E-state index in [1.54, 1.807) is 42.5 Å². The van der Waals surface area contributed by atoms with Gasteiger partial charge in [0.15, 0.2) is 23.3 Å². The lowest BCUT2D eigenvalue weighted by molar-refractivity contribution is 0.0953. The van der Waals surface area contributed by atoms with Crippen LogP contribution in [0, 0.1) is 29.1 Å². The van der Waals surface area contributed by atoms with Gasteiger partial charge < -0.3 is 4.74 Å². The summed E-state index contributed by atoms with van der Waals surface area (Å²) in [5.74, 6) is -10.8. The van der Waals surface area contributed by atoms with Gasteiger partial charge in [-0.05, 0) is 24.3 Å². The molecule has 0 fully saturated rings. The smallest absolute Gasteiger partial charge is 0.275 e. The number of nitrogens with zero attached hydrogens (tertiary/aromatic N) is 1. The van der Waals surface area contributed by atoms with Crippen molar-refractivity contribution in [1.82, 2.24) is 5.43 Å². The predicted molar refractivity (Wildman–Crippen MR) is 94.3 cm³/mol. The van der Waals surface area contributed by atoms with E-state index < -0.39 is 40.6 Å². The molecule has 148 valence electrons. The summed E-state index contributed by atoms with van der Waals surface area (Å²) in [5, 5.41) is 3.28. The zero-order chi connectivity index (χ0) is 21.0. The van der Waals surface area contributed by atoms with Crippen LogP contribution in [0.15, 0.2) is 59.7 Å². The molecule has 3 aromatic rings. The molecule has 0 aliphatic heterocycles. The average molecular weight is 406 g/mol. The topological polar surface area (TPSA) is 50.7 Å². The fourth-order valence-electron chi connectivity index (χ4n) is 2.31. The van der Waals surface area contributed by atoms with Crippen LogP contribution >= 0.6 is 0 Å². The molecule has 1 N–H and O–H groups in total. The first kappa shape index (κ1) is 20.0. The molecule has 0 aliphatic rings. The highest BCUT2D eigenvalue weighted by atomic mass is 19.2. The molecule has 3 aromatic carbocycles. The van der Waals surface area contributed by atoms with Crippen molar-refractivity contribution in [1.29, 1.82) is 0 Å². The molecule has 0 aliphatic carbocycles. The maximum atomic E-state index is 13.6. The molecule has 3 rings (SSSR count). The standard InChI is InChI=1S/C20H11F5N2O2/c21-15-13(16(22)18(24)19(25)17(15)23)10-26-27-20(28)12-8-4-5-9-14(12)29-11-6-2-1-3-7-11/h1-10H,(H,27,28)/b26-10+. The van der Waals surface area contributed by atoms with Crippen molar-refractivity contribution in [3.05, 3.63) is 94.8 Å². The first-order valence-electron chi connectivity index (χ1n) is 8.07. The third-order valence-electron chi connectivity index (χ3n) is 3.71. The number of carbonyl (C=O) groups is 1. The van der Waals surface area contributed by atoms with Gasteiger partial charge in [0, 0.05) is 0 Å². The fourth-order valence-corrected chi connectivity index (χ4v) is 2.31. The number of carbonyl (C=O) groups excluding carboxylic acids is 1. The summed E-state index contributed by atoms with van der Waals surface area (Å²) < 4.78 is 72.2. The van der Waals surface area contributed by atoms with Crippen molar-refractivity contribution >= 4 is 12.1 Å². The monoisotopic (exact) mass is 406 g/mol. The van der Waals surface area contributed by atoms with Crippen molar-refractivity contribution in [2.24, 2.45) is 5.10 Å². The molecule has 0 saturated carbocycles. The summed E-state index contributed by atoms with van der Waals surface area (Å²) in [5.41, 5.74) is 0.711. The van der Waals surface area contributed by atoms with Crippen LogP contribution in [0.2, 0.25) is 0 Å². The number of halogens is 5. The van der Waals surface area contributed by atoms with Crippen LogP contribution in [-0.4, -0.2) is 12.1 Å². The molecule has 1 amide bonds. The summed E-state index contributed by atoms with van der Waals surface area (Å²) in [6, 6.07) is 14.6. The lowest BCUT2D eigenvalue weighted by atomic mass is 10.2. The molecule has 0 heterocycles. The van der Waals surface area contributed by atoms with Gasteiger partial charge >= 0.3 is 0 Å². The largest absolute Gasteiger partial charge is 0.457 e. The summed E-state index contributed by atoms with van der Waals surface area (Å²) in [6.07, 6.45) is 0.328. The lowest BCUT2D eigenvalue weighted by Gasteiger charge is -2.10. The summed E-state index contributed by atoms with van der Waals surface area (Å²) in [7, 11) is 0. The van der Waals surface area contributed by atoms with Gasteiger partial charge in [-0.15, -0.1) is 0 Å². The minimum Gasteiger partial charge on any atom is -0.457 e. The Morgan fingerprint density at radius 3 is 2.00 bits per heavy atom. The van der Waals surface area contributed by atoms with Gasteiger partial charge in [-0.1, -0.05) is 30.3 Å². The number of para-hydroxylation sites is 2. The van der Waals surface area contributed by atoms with Crippen LogP contribution < -0.4 is 10.2 Å². The van der Waals surface area contributed by atoms with Gasteiger partial charge in [0.25, 0.3) is 5.91 Å². The van der Waals surface area contributed by atoms with Crippen LogP contribution in [0.3, 0.4) is 0 Å². The van der Waals surface area contributed by atoms with Crippen molar-refractivity contribution in [2.45, 2.75) is 0 Å². The Hall–Kier alpha value is -3.75. The molecule has 0 radical (unpaired) electrons. The molecule has 0 aromatic heterocycles. The van der Waals surface area contributed by atoms with Crippen LogP contribution in [-0.2, 0) is 0 Å². The van der Waals surface area contributed by atoms with Gasteiger partial charge in [-0.25, -0.2) is 27.4 Å². The van der Waals surface area contributed by atoms with Crippen LogP contribution in [0.25, 0.3) is 0 Å². The van der Waals surface area contributed by atoms with Crippen molar-refractivity contribution in [2.75, 3.05) is 0 Å². The number of hydrazone groups is 1. The number of ether oxygens (including phenoxy) is 1. The van der Waals surface area contributed by atoms with Crippen LogP contribution in [0.5, 0.6) is 11.5 Å². The van der Waals surface area contributed by atoms with E-state index >= 15 is 0 Å². The van der Waals surface area contributed by atoms with E-state index in [4.69, 9.17) is 4.74 Å². The Kier molecular flexibility index (Phi) is 5.87. The molecule has 0 unspecified atom stereocenters. The second-order valence-electron chi connectivity index (χ2n) is 5.59. The minimum absolute atomic E-state index is 0.0333. The van der Waals surface area contributed by atoms with Gasteiger partial charge in [0.05, 0.1) is 17.3 Å². The second kappa shape index (κ2) is 8.51. The molecule has 9 heteroatoms. The fraction of sp³-hybridized carbons (Fsp3) is 0. The van der Waals surface area contributed by atoms with Gasteiger partial charge in [0.2, 0.25) is 5.82 Å². The molecular formula is C20H11F5N2O2. The Morgan fingerprint density at radius 1 is 0.793 bits per heavy atom. The molecule has 0 saturated heterocycles. The first-order chi connectivity index (χ1) is 13.9. The van der Waals surface area contributed by atoms with E-state index in [1.807, 2.05) is 5.43 Å². The predicted octanol–water partition coefficient (Wildman–Crippen LogP) is 4.94. The Bertz CT molecular complexity index is 1060. The van der Waals surface area contributed by atoms with E-state index in [2.05, 4.69) is 5.10 Å². The van der Waals surface area contributed by atoms with E-state index in [1.165, 1.54) is 12.1 Å². The Balaban J connectivity index is 1.81. The second-order valence-corrected chi connectivity index (χ2v) is 5.59. The third-order valence-corrected chi connectivity index (χ3v) is 3.71. The van der Waals surface area contributed by atoms with Gasteiger partial charge in [-0.2, -0.15) is 5.10 Å². The Labute approximate surface area is 161 Å². The molecule has 4 nitrogen and oxygen atoms in total. The zero-order valence-corrected chi connectivity index (χ0v) is 14.4. The molecular weight excluding hydrogens is 395 g/mol. The lowest BCUT2D eigenvalue weighted by Crippen LogP contribution is -2.19. The summed E-state index contributed by atoms with van der Waals surface area (Å²) in [6.45, 7) is 0. The molecule has 0 atom stereocenters. The zero-order valence-electron chi connectivity index (χ0n) is 14.4. The van der Waals surface area contributed by atoms with E-state index in [-0.39, 0.29) is 11.3 Å². The Morgan fingerprint density at radius 2 is 1.34 bits per heavy atom. The average Bonchev–Trinajstić information content (AvgIpc) is 2.74. The number of hydrogen-bond donors (Lipinski definition) is 1. The molecule has 0 bridgehead atoms. The normalized spacial score (nSPS) is 10.9. The number of hydrogen-bond acceptors (Lipinski definition) is 3. The number of nitrogens with one attached hydrogen (secondary N) is 1. The third kappa shape index (κ3) is 4.23. The summed E-state index contributed by atoms with van der Waals surface area (Å²) in [4.78, 5) is 12.3. The summed E-state index contributed by atoms with van der Waals surface area (Å²) >= 11 is 0. The highest BCUT2D eigenvalue weighted by Gasteiger charge is 2.24. The number of amides is 1. The molecule has 29 heavy (non-hydrogen) atoms. The van der Waals surface area contributed by atoms with Crippen molar-refractivity contribution < 1.29 is 31.5 Å². The van der Waals surface area contributed by atoms with E-state index in [9.17, 15) is 26.7 Å². The number of benzene rings is 3. The SMILES string of the molecule is O=C(N/N=C/c1c(F)c(F)c(F)c(F)c1F)c1ccccc1Oc1ccccc1. The van der Waals surface area contributed by atoms with E-state index in [0.29, 0.717) is 12.0 Å². The molecule has 0 spiro atoms. The maximum Gasteiger partial charge on any atom is 0.275 e. The number of rotatable bonds is 5. The van der Waals surface area contributed by atoms with Gasteiger partial charge in [0.1, 0.15) is 11.5 Å². The van der Waals surface area contributed by atoms with Crippen LogP contribution in [0.1, 0.15) is 15.9 Å². The van der Waals surface area contributed by atoms with E-state index in [0.717, 1.165) is 0 Å². The highest BCUT2D eigenvalue weighted by molar-refractivity contribution is 5.97. The van der Waals surface area contributed by atoms with Crippen molar-refractivity contribution in [3.63, 3.8) is 0 Å². The maximum absolute atomic E-state index is 13.6. The first-order valence-corrected chi connectivity index (χ1v) is 8.07. The minimum atomic E-state index is -2.28.